The Morgan fingerprint density at radius 1 is 1.91 bits per heavy atom. The summed E-state index contributed by atoms with van der Waals surface area (Å²) in [7, 11) is 0. The minimum Gasteiger partial charge on any atom is -0.380 e. The summed E-state index contributed by atoms with van der Waals surface area (Å²) < 4.78 is 4.78. The van der Waals surface area contributed by atoms with Gasteiger partial charge in [-0.15, -0.1) is 6.42 Å². The SMILES string of the molecule is C#CC(O)Cc1cc(C)on1. The quantitative estimate of drug-likeness (QED) is 0.627. The molecule has 1 heterocycles. The smallest absolute Gasteiger partial charge is 0.133 e. The van der Waals surface area contributed by atoms with Crippen LogP contribution in [0.5, 0.6) is 0 Å². The molecule has 1 unspecified atom stereocenters. The lowest BCUT2D eigenvalue weighted by molar-refractivity contribution is 0.229. The Bertz CT molecular complexity index is 272. The van der Waals surface area contributed by atoms with Gasteiger partial charge in [0.1, 0.15) is 11.9 Å². The van der Waals surface area contributed by atoms with Gasteiger partial charge in [-0.1, -0.05) is 11.1 Å². The third kappa shape index (κ3) is 2.10. The summed E-state index contributed by atoms with van der Waals surface area (Å²) in [6, 6.07) is 1.75. The highest BCUT2D eigenvalue weighted by Crippen LogP contribution is 2.03. The zero-order chi connectivity index (χ0) is 8.27. The normalized spacial score (nSPS) is 12.5. The minimum absolute atomic E-state index is 0.355. The summed E-state index contributed by atoms with van der Waals surface area (Å²) in [6.07, 6.45) is 4.56. The maximum atomic E-state index is 9.00. The molecule has 58 valence electrons. The van der Waals surface area contributed by atoms with Gasteiger partial charge in [-0.05, 0) is 6.92 Å². The molecule has 0 saturated heterocycles. The van der Waals surface area contributed by atoms with Gasteiger partial charge in [-0.2, -0.15) is 0 Å². The van der Waals surface area contributed by atoms with Crippen molar-refractivity contribution in [2.24, 2.45) is 0 Å². The van der Waals surface area contributed by atoms with Crippen molar-refractivity contribution in [3.8, 4) is 12.3 Å². The Morgan fingerprint density at radius 2 is 2.64 bits per heavy atom. The predicted molar refractivity (Wildman–Crippen MR) is 39.8 cm³/mol. The van der Waals surface area contributed by atoms with Crippen molar-refractivity contribution in [3.05, 3.63) is 17.5 Å². The van der Waals surface area contributed by atoms with Gasteiger partial charge >= 0.3 is 0 Å². The zero-order valence-corrected chi connectivity index (χ0v) is 6.24. The van der Waals surface area contributed by atoms with Crippen molar-refractivity contribution in [2.45, 2.75) is 19.4 Å². The van der Waals surface area contributed by atoms with Crippen LogP contribution in [0.25, 0.3) is 0 Å². The maximum Gasteiger partial charge on any atom is 0.133 e. The van der Waals surface area contributed by atoms with Crippen molar-refractivity contribution < 1.29 is 9.63 Å². The van der Waals surface area contributed by atoms with Gasteiger partial charge in [0, 0.05) is 12.5 Å². The highest BCUT2D eigenvalue weighted by molar-refractivity contribution is 5.08. The van der Waals surface area contributed by atoms with Crippen LogP contribution in [0.4, 0.5) is 0 Å². The van der Waals surface area contributed by atoms with Gasteiger partial charge in [0.2, 0.25) is 0 Å². The Balaban J connectivity index is 2.59. The first-order chi connectivity index (χ1) is 5.22. The molecule has 0 fully saturated rings. The summed E-state index contributed by atoms with van der Waals surface area (Å²) in [5.41, 5.74) is 0.688. The van der Waals surface area contributed by atoms with Crippen LogP contribution in [-0.4, -0.2) is 16.4 Å². The van der Waals surface area contributed by atoms with E-state index in [-0.39, 0.29) is 0 Å². The number of aliphatic hydroxyl groups is 1. The van der Waals surface area contributed by atoms with Gasteiger partial charge in [0.25, 0.3) is 0 Å². The van der Waals surface area contributed by atoms with Crippen LogP contribution in [-0.2, 0) is 6.42 Å². The fraction of sp³-hybridized carbons (Fsp3) is 0.375. The van der Waals surface area contributed by atoms with Crippen LogP contribution >= 0.6 is 0 Å². The molecule has 0 radical (unpaired) electrons. The summed E-state index contributed by atoms with van der Waals surface area (Å²) in [4.78, 5) is 0. The number of aliphatic hydroxyl groups excluding tert-OH is 1. The first-order valence-corrected chi connectivity index (χ1v) is 3.29. The molecule has 3 heteroatoms. The van der Waals surface area contributed by atoms with E-state index in [0.29, 0.717) is 12.1 Å². The fourth-order valence-corrected chi connectivity index (χ4v) is 0.771. The fourth-order valence-electron chi connectivity index (χ4n) is 0.771. The molecule has 0 amide bonds. The van der Waals surface area contributed by atoms with Gasteiger partial charge in [-0.3, -0.25) is 0 Å². The molecule has 0 saturated carbocycles. The van der Waals surface area contributed by atoms with Crippen molar-refractivity contribution in [3.63, 3.8) is 0 Å². The van der Waals surface area contributed by atoms with E-state index in [1.807, 2.05) is 0 Å². The third-order valence-corrected chi connectivity index (χ3v) is 1.27. The van der Waals surface area contributed by atoms with Crippen LogP contribution < -0.4 is 0 Å². The lowest BCUT2D eigenvalue weighted by atomic mass is 10.2. The first kappa shape index (κ1) is 7.83. The summed E-state index contributed by atoms with van der Waals surface area (Å²) in [5.74, 6) is 2.92. The third-order valence-electron chi connectivity index (χ3n) is 1.27. The van der Waals surface area contributed by atoms with Crippen LogP contribution in [0.15, 0.2) is 10.6 Å². The molecule has 0 bridgehead atoms. The maximum absolute atomic E-state index is 9.00. The van der Waals surface area contributed by atoms with E-state index in [2.05, 4.69) is 11.1 Å². The van der Waals surface area contributed by atoms with Crippen LogP contribution in [0.2, 0.25) is 0 Å². The minimum atomic E-state index is -0.764. The van der Waals surface area contributed by atoms with E-state index in [1.54, 1.807) is 13.0 Å². The average molecular weight is 151 g/mol. The number of aromatic nitrogens is 1. The molecule has 1 aromatic heterocycles. The molecule has 1 atom stereocenters. The number of hydrogen-bond donors (Lipinski definition) is 1. The van der Waals surface area contributed by atoms with E-state index < -0.39 is 6.10 Å². The average Bonchev–Trinajstić information content (AvgIpc) is 2.35. The number of aryl methyl sites for hydroxylation is 1. The highest BCUT2D eigenvalue weighted by atomic mass is 16.5. The largest absolute Gasteiger partial charge is 0.380 e. The predicted octanol–water partition coefficient (Wildman–Crippen LogP) is 0.520. The Morgan fingerprint density at radius 3 is 3.09 bits per heavy atom. The van der Waals surface area contributed by atoms with E-state index in [4.69, 9.17) is 16.1 Å². The number of terminal acetylenes is 1. The van der Waals surface area contributed by atoms with Crippen LogP contribution in [0.3, 0.4) is 0 Å². The lowest BCUT2D eigenvalue weighted by Crippen LogP contribution is -2.06. The molecule has 0 aliphatic rings. The van der Waals surface area contributed by atoms with E-state index in [9.17, 15) is 0 Å². The Kier molecular flexibility index (Phi) is 2.29. The van der Waals surface area contributed by atoms with E-state index in [1.165, 1.54) is 0 Å². The van der Waals surface area contributed by atoms with Crippen LogP contribution in [0, 0.1) is 19.3 Å². The summed E-state index contributed by atoms with van der Waals surface area (Å²) in [6.45, 7) is 1.79. The van der Waals surface area contributed by atoms with E-state index in [0.717, 1.165) is 5.76 Å². The van der Waals surface area contributed by atoms with Gasteiger partial charge in [0.15, 0.2) is 0 Å². The Labute approximate surface area is 65.0 Å². The number of nitrogens with zero attached hydrogens (tertiary/aromatic N) is 1. The van der Waals surface area contributed by atoms with Crippen LogP contribution in [0.1, 0.15) is 11.5 Å². The lowest BCUT2D eigenvalue weighted by Gasteiger charge is -1.95. The molecule has 11 heavy (non-hydrogen) atoms. The molecule has 1 aromatic rings. The second-order valence-corrected chi connectivity index (χ2v) is 2.32. The zero-order valence-electron chi connectivity index (χ0n) is 6.24. The van der Waals surface area contributed by atoms with Gasteiger partial charge < -0.3 is 9.63 Å². The molecule has 3 nitrogen and oxygen atoms in total. The monoisotopic (exact) mass is 151 g/mol. The van der Waals surface area contributed by atoms with Crippen molar-refractivity contribution in [1.82, 2.24) is 5.16 Å². The molecular formula is C8H9NO2. The number of rotatable bonds is 2. The molecule has 0 spiro atoms. The summed E-state index contributed by atoms with van der Waals surface area (Å²) in [5, 5.41) is 12.7. The standard InChI is InChI=1S/C8H9NO2/c1-3-8(10)5-7-4-6(2)11-9-7/h1,4,8,10H,5H2,2H3. The molecular weight excluding hydrogens is 142 g/mol. The molecule has 0 aliphatic heterocycles. The topological polar surface area (TPSA) is 46.3 Å². The molecule has 1 N–H and O–H groups in total. The van der Waals surface area contributed by atoms with E-state index >= 15 is 0 Å². The molecule has 0 aliphatic carbocycles. The Hall–Kier alpha value is -1.27. The van der Waals surface area contributed by atoms with Crippen molar-refractivity contribution in [2.75, 3.05) is 0 Å². The van der Waals surface area contributed by atoms with Crippen molar-refractivity contribution in [1.29, 1.82) is 0 Å². The second-order valence-electron chi connectivity index (χ2n) is 2.32. The molecule has 1 rings (SSSR count). The summed E-state index contributed by atoms with van der Waals surface area (Å²) >= 11 is 0. The molecule has 0 aromatic carbocycles. The van der Waals surface area contributed by atoms with Crippen molar-refractivity contribution >= 4 is 0 Å². The van der Waals surface area contributed by atoms with Gasteiger partial charge in [-0.25, -0.2) is 0 Å². The highest BCUT2D eigenvalue weighted by Gasteiger charge is 2.04. The first-order valence-electron chi connectivity index (χ1n) is 3.29. The number of hydrogen-bond acceptors (Lipinski definition) is 3. The second kappa shape index (κ2) is 3.22. The van der Waals surface area contributed by atoms with Gasteiger partial charge in [0.05, 0.1) is 5.69 Å².